The van der Waals surface area contributed by atoms with Gasteiger partial charge in [-0.05, 0) is 18.2 Å². The van der Waals surface area contributed by atoms with Crippen molar-refractivity contribution < 1.29 is 0 Å². The molecule has 0 spiro atoms. The molecule has 2 aromatic rings. The van der Waals surface area contributed by atoms with E-state index in [1.54, 1.807) is 6.07 Å². The molecule has 0 N–H and O–H groups in total. The lowest BCUT2D eigenvalue weighted by molar-refractivity contribution is 0.532. The maximum atomic E-state index is 5.80. The van der Waals surface area contributed by atoms with Crippen LogP contribution in [0.5, 0.6) is 0 Å². The van der Waals surface area contributed by atoms with Crippen molar-refractivity contribution in [3.8, 4) is 5.82 Å². The minimum Gasteiger partial charge on any atom is -0.217 e. The van der Waals surface area contributed by atoms with Crippen molar-refractivity contribution in [2.24, 2.45) is 0 Å². The van der Waals surface area contributed by atoms with E-state index in [0.717, 1.165) is 11.4 Å². The minimum absolute atomic E-state index is 0.00883. The van der Waals surface area contributed by atoms with Crippen molar-refractivity contribution in [2.45, 2.75) is 52.4 Å². The molecule has 2 heterocycles. The van der Waals surface area contributed by atoms with Crippen molar-refractivity contribution >= 4 is 11.6 Å². The summed E-state index contributed by atoms with van der Waals surface area (Å²) in [6, 6.07) is 5.72. The molecule has 0 aliphatic heterocycles. The van der Waals surface area contributed by atoms with Gasteiger partial charge in [0.2, 0.25) is 0 Å². The summed E-state index contributed by atoms with van der Waals surface area (Å²) >= 11 is 5.80. The molecule has 4 nitrogen and oxygen atoms in total. The van der Waals surface area contributed by atoms with Crippen LogP contribution in [0, 0.1) is 0 Å². The molecule has 0 aliphatic carbocycles. The molecule has 0 aromatic carbocycles. The fraction of sp³-hybridized carbons (Fsp3) is 0.533. The second kappa shape index (κ2) is 4.85. The van der Waals surface area contributed by atoms with Gasteiger partial charge < -0.3 is 0 Å². The number of hydrogen-bond donors (Lipinski definition) is 0. The van der Waals surface area contributed by atoms with E-state index in [1.165, 1.54) is 0 Å². The first-order chi connectivity index (χ1) is 9.09. The molecule has 0 saturated heterocycles. The molecule has 0 unspecified atom stereocenters. The predicted molar refractivity (Wildman–Crippen MR) is 81.6 cm³/mol. The highest BCUT2D eigenvalue weighted by molar-refractivity contribution is 6.29. The molecule has 0 atom stereocenters. The van der Waals surface area contributed by atoms with E-state index in [-0.39, 0.29) is 10.8 Å². The molecule has 0 amide bonds. The maximum absolute atomic E-state index is 5.80. The van der Waals surface area contributed by atoms with E-state index >= 15 is 0 Å². The normalized spacial score (nSPS) is 12.8. The lowest BCUT2D eigenvalue weighted by atomic mass is 9.88. The molecule has 0 radical (unpaired) electrons. The van der Waals surface area contributed by atoms with Crippen LogP contribution in [-0.2, 0) is 10.8 Å². The Labute approximate surface area is 125 Å². The van der Waals surface area contributed by atoms with E-state index in [2.05, 4.69) is 57.8 Å². The van der Waals surface area contributed by atoms with Gasteiger partial charge in [0.15, 0.2) is 11.0 Å². The van der Waals surface area contributed by atoms with Crippen LogP contribution in [0.15, 0.2) is 18.2 Å². The number of halogens is 1. The van der Waals surface area contributed by atoms with Crippen LogP contribution < -0.4 is 0 Å². The van der Waals surface area contributed by atoms with Gasteiger partial charge in [-0.1, -0.05) is 53.1 Å². The quantitative estimate of drug-likeness (QED) is 0.800. The van der Waals surface area contributed by atoms with Crippen molar-refractivity contribution in [1.29, 1.82) is 0 Å². The third-order valence-electron chi connectivity index (χ3n) is 3.08. The van der Waals surface area contributed by atoms with Gasteiger partial charge in [0.25, 0.3) is 0 Å². The van der Waals surface area contributed by atoms with E-state index in [0.29, 0.717) is 11.0 Å². The summed E-state index contributed by atoms with van der Waals surface area (Å²) in [5.74, 6) is 0.690. The first-order valence-electron chi connectivity index (χ1n) is 6.70. The Balaban J connectivity index is 2.62. The molecule has 5 heteroatoms. The van der Waals surface area contributed by atoms with Crippen molar-refractivity contribution in [3.63, 3.8) is 0 Å². The first-order valence-corrected chi connectivity index (χ1v) is 7.07. The van der Waals surface area contributed by atoms with Crippen molar-refractivity contribution in [3.05, 3.63) is 34.7 Å². The standard InChI is InChI=1S/C15H21ClN4/c1-14(2,3)10-9-11(15(4,5)6)20(19-10)13-8-7-12(16)17-18-13/h7-9H,1-6H3. The summed E-state index contributed by atoms with van der Waals surface area (Å²) in [6.45, 7) is 12.9. The van der Waals surface area contributed by atoms with E-state index < -0.39 is 0 Å². The molecule has 2 aromatic heterocycles. The molecule has 0 saturated carbocycles. The molecule has 20 heavy (non-hydrogen) atoms. The van der Waals surface area contributed by atoms with E-state index in [1.807, 2.05) is 10.7 Å². The Morgan fingerprint density at radius 2 is 1.60 bits per heavy atom. The van der Waals surface area contributed by atoms with Gasteiger partial charge in [-0.25, -0.2) is 4.68 Å². The topological polar surface area (TPSA) is 43.6 Å². The summed E-state index contributed by atoms with van der Waals surface area (Å²) in [6.07, 6.45) is 0. The Bertz CT molecular complexity index is 600. The number of nitrogens with zero attached hydrogens (tertiary/aromatic N) is 4. The zero-order valence-corrected chi connectivity index (χ0v) is 13.7. The SMILES string of the molecule is CC(C)(C)c1cc(C(C)(C)C)n(-c2ccc(Cl)nn2)n1. The highest BCUT2D eigenvalue weighted by Crippen LogP contribution is 2.29. The Hall–Kier alpha value is -1.42. The van der Waals surface area contributed by atoms with Crippen LogP contribution in [0.1, 0.15) is 52.9 Å². The molecular weight excluding hydrogens is 272 g/mol. The van der Waals surface area contributed by atoms with Crippen LogP contribution in [0.2, 0.25) is 5.15 Å². The minimum atomic E-state index is -0.0299. The first kappa shape index (κ1) is 15.0. The molecule has 0 bridgehead atoms. The summed E-state index contributed by atoms with van der Waals surface area (Å²) in [7, 11) is 0. The maximum Gasteiger partial charge on any atom is 0.176 e. The molecular formula is C15H21ClN4. The number of rotatable bonds is 1. The average molecular weight is 293 g/mol. The van der Waals surface area contributed by atoms with Gasteiger partial charge in [0.05, 0.1) is 11.4 Å². The lowest BCUT2D eigenvalue weighted by Crippen LogP contribution is -2.18. The summed E-state index contributed by atoms with van der Waals surface area (Å²) in [5.41, 5.74) is 2.11. The van der Waals surface area contributed by atoms with Gasteiger partial charge in [-0.2, -0.15) is 5.10 Å². The second-order valence-corrected chi connectivity index (χ2v) is 7.43. The molecule has 0 fully saturated rings. The third-order valence-corrected chi connectivity index (χ3v) is 3.28. The fourth-order valence-electron chi connectivity index (χ4n) is 1.88. The largest absolute Gasteiger partial charge is 0.217 e. The van der Waals surface area contributed by atoms with Gasteiger partial charge in [0, 0.05) is 10.8 Å². The predicted octanol–water partition coefficient (Wildman–Crippen LogP) is 3.91. The van der Waals surface area contributed by atoms with Crippen LogP contribution in [0.3, 0.4) is 0 Å². The summed E-state index contributed by atoms with van der Waals surface area (Å²) in [5, 5.41) is 13.1. The Morgan fingerprint density at radius 3 is 2.05 bits per heavy atom. The van der Waals surface area contributed by atoms with Gasteiger partial charge in [-0.3, -0.25) is 0 Å². The summed E-state index contributed by atoms with van der Waals surface area (Å²) < 4.78 is 1.86. The molecule has 108 valence electrons. The fourth-order valence-corrected chi connectivity index (χ4v) is 1.98. The van der Waals surface area contributed by atoms with Gasteiger partial charge in [0.1, 0.15) is 0 Å². The van der Waals surface area contributed by atoms with Crippen molar-refractivity contribution in [2.75, 3.05) is 0 Å². The lowest BCUT2D eigenvalue weighted by Gasteiger charge is -2.19. The zero-order valence-electron chi connectivity index (χ0n) is 12.9. The second-order valence-electron chi connectivity index (χ2n) is 7.04. The highest BCUT2D eigenvalue weighted by atomic mass is 35.5. The number of hydrogen-bond acceptors (Lipinski definition) is 3. The monoisotopic (exact) mass is 292 g/mol. The van der Waals surface area contributed by atoms with Crippen LogP contribution in [0.4, 0.5) is 0 Å². The Morgan fingerprint density at radius 1 is 0.950 bits per heavy atom. The van der Waals surface area contributed by atoms with Crippen molar-refractivity contribution in [1.82, 2.24) is 20.0 Å². The molecule has 0 aliphatic rings. The van der Waals surface area contributed by atoms with E-state index in [4.69, 9.17) is 16.7 Å². The van der Waals surface area contributed by atoms with Crippen LogP contribution in [0.25, 0.3) is 5.82 Å². The van der Waals surface area contributed by atoms with Gasteiger partial charge >= 0.3 is 0 Å². The van der Waals surface area contributed by atoms with E-state index in [9.17, 15) is 0 Å². The van der Waals surface area contributed by atoms with Crippen LogP contribution >= 0.6 is 11.6 Å². The molecule has 2 rings (SSSR count). The highest BCUT2D eigenvalue weighted by Gasteiger charge is 2.26. The smallest absolute Gasteiger partial charge is 0.176 e. The average Bonchev–Trinajstić information content (AvgIpc) is 2.74. The van der Waals surface area contributed by atoms with Crippen LogP contribution in [-0.4, -0.2) is 20.0 Å². The Kier molecular flexibility index (Phi) is 3.63. The third kappa shape index (κ3) is 3.01. The summed E-state index contributed by atoms with van der Waals surface area (Å²) in [4.78, 5) is 0. The van der Waals surface area contributed by atoms with Gasteiger partial charge in [-0.15, -0.1) is 10.2 Å². The number of aromatic nitrogens is 4. The zero-order chi connectivity index (χ0) is 15.1.